The van der Waals surface area contributed by atoms with E-state index in [2.05, 4.69) is 21.3 Å². The number of carbonyl (C=O) groups excluding carboxylic acids is 2. The summed E-state index contributed by atoms with van der Waals surface area (Å²) >= 11 is 0. The zero-order valence-corrected chi connectivity index (χ0v) is 15.7. The largest absolute Gasteiger partial charge is 0.355 e. The quantitative estimate of drug-likeness (QED) is 0.908. The van der Waals surface area contributed by atoms with Crippen LogP contribution in [-0.2, 0) is 4.79 Å². The van der Waals surface area contributed by atoms with Gasteiger partial charge in [-0.15, -0.1) is 0 Å². The molecule has 1 N–H and O–H groups in total. The molecule has 1 fully saturated rings. The number of carbonyl (C=O) groups is 2. The molecule has 0 radical (unpaired) electrons. The lowest BCUT2D eigenvalue weighted by Gasteiger charge is -2.34. The average Bonchev–Trinajstić information content (AvgIpc) is 2.62. The molecule has 2 amide bonds. The van der Waals surface area contributed by atoms with Crippen LogP contribution in [0.3, 0.4) is 0 Å². The summed E-state index contributed by atoms with van der Waals surface area (Å²) in [5.74, 6) is 0.0632. The number of piperazine rings is 1. The molecular weight excluding hydrogens is 328 g/mol. The van der Waals surface area contributed by atoms with Crippen molar-refractivity contribution in [2.75, 3.05) is 39.3 Å². The third-order valence-electron chi connectivity index (χ3n) is 4.79. The van der Waals surface area contributed by atoms with Crippen molar-refractivity contribution in [3.63, 3.8) is 0 Å². The van der Waals surface area contributed by atoms with Gasteiger partial charge in [-0.05, 0) is 39.0 Å². The monoisotopic (exact) mass is 354 g/mol. The lowest BCUT2D eigenvalue weighted by molar-refractivity contribution is -0.122. The lowest BCUT2D eigenvalue weighted by atomic mass is 10.1. The first kappa shape index (κ1) is 18.3. The van der Waals surface area contributed by atoms with Crippen LogP contribution in [0, 0.1) is 13.8 Å². The third kappa shape index (κ3) is 4.02. The smallest absolute Gasteiger partial charge is 0.255 e. The van der Waals surface area contributed by atoms with Gasteiger partial charge in [0.15, 0.2) is 0 Å². The molecule has 26 heavy (non-hydrogen) atoms. The molecule has 0 spiro atoms. The fraction of sp³-hybridized carbons (Fsp3) is 0.450. The number of rotatable bonds is 4. The van der Waals surface area contributed by atoms with Gasteiger partial charge in [0.25, 0.3) is 5.91 Å². The van der Waals surface area contributed by atoms with Crippen molar-refractivity contribution in [1.82, 2.24) is 20.1 Å². The number of amides is 2. The number of hydrogen-bond acceptors (Lipinski definition) is 4. The first-order chi connectivity index (χ1) is 12.5. The number of aromatic nitrogens is 1. The van der Waals surface area contributed by atoms with Gasteiger partial charge in [0.2, 0.25) is 5.91 Å². The Kier molecular flexibility index (Phi) is 5.52. The van der Waals surface area contributed by atoms with E-state index in [-0.39, 0.29) is 11.8 Å². The molecule has 0 saturated carbocycles. The summed E-state index contributed by atoms with van der Waals surface area (Å²) < 4.78 is 0. The number of likely N-dealkylation sites (N-methyl/N-ethyl adjacent to an activating group) is 1. The summed E-state index contributed by atoms with van der Waals surface area (Å²) in [5.41, 5.74) is 3.49. The second kappa shape index (κ2) is 7.83. The minimum absolute atomic E-state index is 0.0241. The molecule has 1 aromatic carbocycles. The normalized spacial score (nSPS) is 15.3. The van der Waals surface area contributed by atoms with Crippen molar-refractivity contribution in [2.24, 2.45) is 0 Å². The topological polar surface area (TPSA) is 65.5 Å². The van der Waals surface area contributed by atoms with E-state index >= 15 is 0 Å². The predicted molar refractivity (Wildman–Crippen MR) is 102 cm³/mol. The summed E-state index contributed by atoms with van der Waals surface area (Å²) in [4.78, 5) is 33.2. The Balaban J connectivity index is 1.69. The van der Waals surface area contributed by atoms with E-state index in [0.29, 0.717) is 44.8 Å². The second-order valence-corrected chi connectivity index (χ2v) is 6.84. The third-order valence-corrected chi connectivity index (χ3v) is 4.79. The summed E-state index contributed by atoms with van der Waals surface area (Å²) in [6.07, 6.45) is 0. The molecule has 0 aliphatic carbocycles. The van der Waals surface area contributed by atoms with Crippen molar-refractivity contribution in [2.45, 2.75) is 20.8 Å². The number of nitrogens with one attached hydrogen (secondary N) is 1. The summed E-state index contributed by atoms with van der Waals surface area (Å²) in [6.45, 7) is 9.55. The van der Waals surface area contributed by atoms with Crippen LogP contribution in [0.25, 0.3) is 10.9 Å². The van der Waals surface area contributed by atoms with E-state index in [1.165, 1.54) is 0 Å². The number of aryl methyl sites for hydroxylation is 2. The molecule has 0 atom stereocenters. The minimum Gasteiger partial charge on any atom is -0.355 e. The summed E-state index contributed by atoms with van der Waals surface area (Å²) in [7, 11) is 0. The SMILES string of the molecule is CCNC(=O)CN1CCN(C(=O)c2cc3cc(C)ccc3nc2C)CC1. The van der Waals surface area contributed by atoms with Gasteiger partial charge in [0, 0.05) is 38.1 Å². The zero-order chi connectivity index (χ0) is 18.7. The van der Waals surface area contributed by atoms with Gasteiger partial charge in [0.1, 0.15) is 0 Å². The van der Waals surface area contributed by atoms with Crippen LogP contribution in [0.1, 0.15) is 28.5 Å². The van der Waals surface area contributed by atoms with Gasteiger partial charge in [-0.3, -0.25) is 19.5 Å². The predicted octanol–water partition coefficient (Wildman–Crippen LogP) is 1.75. The van der Waals surface area contributed by atoms with Gasteiger partial charge in [-0.25, -0.2) is 0 Å². The van der Waals surface area contributed by atoms with E-state index in [0.717, 1.165) is 22.2 Å². The molecular formula is C20H26N4O2. The van der Waals surface area contributed by atoms with Crippen molar-refractivity contribution in [3.05, 3.63) is 41.1 Å². The molecule has 6 nitrogen and oxygen atoms in total. The molecule has 1 aliphatic rings. The Morgan fingerprint density at radius 2 is 1.85 bits per heavy atom. The highest BCUT2D eigenvalue weighted by atomic mass is 16.2. The standard InChI is InChI=1S/C20H26N4O2/c1-4-21-19(25)13-23-7-9-24(10-8-23)20(26)17-12-16-11-14(2)5-6-18(16)22-15(17)3/h5-6,11-12H,4,7-10,13H2,1-3H3,(H,21,25). The van der Waals surface area contributed by atoms with Crippen LogP contribution in [-0.4, -0.2) is 65.9 Å². The molecule has 0 bridgehead atoms. The molecule has 0 unspecified atom stereocenters. The Morgan fingerprint density at radius 1 is 1.12 bits per heavy atom. The van der Waals surface area contributed by atoms with Crippen LogP contribution in [0.5, 0.6) is 0 Å². The van der Waals surface area contributed by atoms with Crippen LogP contribution < -0.4 is 5.32 Å². The molecule has 1 saturated heterocycles. The second-order valence-electron chi connectivity index (χ2n) is 6.84. The Labute approximate surface area is 154 Å². The van der Waals surface area contributed by atoms with Gasteiger partial charge in [-0.1, -0.05) is 11.6 Å². The lowest BCUT2D eigenvalue weighted by Crippen LogP contribution is -2.51. The molecule has 2 aromatic rings. The number of hydrogen-bond donors (Lipinski definition) is 1. The molecule has 138 valence electrons. The van der Waals surface area contributed by atoms with Gasteiger partial charge < -0.3 is 10.2 Å². The summed E-state index contributed by atoms with van der Waals surface area (Å²) in [6, 6.07) is 8.03. The first-order valence-corrected chi connectivity index (χ1v) is 9.14. The van der Waals surface area contributed by atoms with Crippen molar-refractivity contribution < 1.29 is 9.59 Å². The number of nitrogens with zero attached hydrogens (tertiary/aromatic N) is 3. The molecule has 1 aromatic heterocycles. The van der Waals surface area contributed by atoms with E-state index in [1.54, 1.807) is 0 Å². The Morgan fingerprint density at radius 3 is 2.54 bits per heavy atom. The highest BCUT2D eigenvalue weighted by molar-refractivity contribution is 5.98. The first-order valence-electron chi connectivity index (χ1n) is 9.14. The van der Waals surface area contributed by atoms with E-state index < -0.39 is 0 Å². The van der Waals surface area contributed by atoms with E-state index in [9.17, 15) is 9.59 Å². The highest BCUT2D eigenvalue weighted by Crippen LogP contribution is 2.20. The Bertz CT molecular complexity index is 826. The fourth-order valence-electron chi connectivity index (χ4n) is 3.34. The number of fused-ring (bicyclic) bond motifs is 1. The van der Waals surface area contributed by atoms with Gasteiger partial charge in [0.05, 0.1) is 23.3 Å². The highest BCUT2D eigenvalue weighted by Gasteiger charge is 2.24. The van der Waals surface area contributed by atoms with Gasteiger partial charge >= 0.3 is 0 Å². The van der Waals surface area contributed by atoms with Gasteiger partial charge in [-0.2, -0.15) is 0 Å². The minimum atomic E-state index is 0.0241. The maximum atomic E-state index is 13.0. The zero-order valence-electron chi connectivity index (χ0n) is 15.7. The maximum absolute atomic E-state index is 13.0. The van der Waals surface area contributed by atoms with Crippen LogP contribution in [0.4, 0.5) is 0 Å². The van der Waals surface area contributed by atoms with E-state index in [4.69, 9.17) is 0 Å². The Hall–Kier alpha value is -2.47. The summed E-state index contributed by atoms with van der Waals surface area (Å²) in [5, 5.41) is 3.81. The molecule has 1 aliphatic heterocycles. The van der Waals surface area contributed by atoms with Crippen LogP contribution >= 0.6 is 0 Å². The van der Waals surface area contributed by atoms with Crippen molar-refractivity contribution in [1.29, 1.82) is 0 Å². The molecule has 6 heteroatoms. The van der Waals surface area contributed by atoms with E-state index in [1.807, 2.05) is 43.9 Å². The fourth-order valence-corrected chi connectivity index (χ4v) is 3.34. The molecule has 2 heterocycles. The van der Waals surface area contributed by atoms with Crippen LogP contribution in [0.15, 0.2) is 24.3 Å². The van der Waals surface area contributed by atoms with Crippen molar-refractivity contribution >= 4 is 22.7 Å². The van der Waals surface area contributed by atoms with Crippen LogP contribution in [0.2, 0.25) is 0 Å². The molecule has 3 rings (SSSR count). The average molecular weight is 354 g/mol. The maximum Gasteiger partial charge on any atom is 0.255 e. The number of benzene rings is 1. The van der Waals surface area contributed by atoms with Crippen molar-refractivity contribution in [3.8, 4) is 0 Å². The number of pyridine rings is 1.